The molecule has 3 N–H and O–H groups in total. The molecule has 1 aromatic carbocycles. The summed E-state index contributed by atoms with van der Waals surface area (Å²) in [6, 6.07) is 5.74. The largest absolute Gasteiger partial charge is 0.493 e. The summed E-state index contributed by atoms with van der Waals surface area (Å²) in [5.41, 5.74) is 7.30. The lowest BCUT2D eigenvalue weighted by atomic mass is 10.1. The Morgan fingerprint density at radius 2 is 2.29 bits per heavy atom. The second-order valence-electron chi connectivity index (χ2n) is 3.86. The average molecular weight is 257 g/mol. The van der Waals surface area contributed by atoms with Crippen LogP contribution < -0.4 is 15.8 Å². The Labute approximate surface area is 107 Å². The van der Waals surface area contributed by atoms with Crippen molar-refractivity contribution in [2.45, 2.75) is 19.3 Å². The number of nitrogens with one attached hydrogen (secondary N) is 1. The summed E-state index contributed by atoms with van der Waals surface area (Å²) >= 11 is 0. The van der Waals surface area contributed by atoms with E-state index in [0.717, 1.165) is 36.4 Å². The number of nitrogens with two attached hydrogens (primary N) is 1. The van der Waals surface area contributed by atoms with E-state index in [0.29, 0.717) is 13.0 Å². The van der Waals surface area contributed by atoms with E-state index in [-0.39, 0.29) is 18.3 Å². The first-order valence-corrected chi connectivity index (χ1v) is 5.55. The number of hydrogen-bond donors (Lipinski definition) is 2. The van der Waals surface area contributed by atoms with E-state index in [2.05, 4.69) is 5.32 Å². The molecule has 0 bridgehead atoms. The van der Waals surface area contributed by atoms with Crippen molar-refractivity contribution in [3.63, 3.8) is 0 Å². The van der Waals surface area contributed by atoms with Crippen LogP contribution in [0.1, 0.15) is 18.4 Å². The number of anilines is 1. The first kappa shape index (κ1) is 13.8. The molecule has 17 heavy (non-hydrogen) atoms. The third-order valence-electron chi connectivity index (χ3n) is 2.56. The summed E-state index contributed by atoms with van der Waals surface area (Å²) < 4.78 is 5.50. The van der Waals surface area contributed by atoms with Crippen LogP contribution in [0.5, 0.6) is 5.75 Å². The van der Waals surface area contributed by atoms with Crippen molar-refractivity contribution in [1.82, 2.24) is 0 Å². The summed E-state index contributed by atoms with van der Waals surface area (Å²) in [5, 5.41) is 2.82. The summed E-state index contributed by atoms with van der Waals surface area (Å²) in [5.74, 6) is 0.891. The van der Waals surface area contributed by atoms with Crippen molar-refractivity contribution in [3.05, 3.63) is 23.8 Å². The van der Waals surface area contributed by atoms with Gasteiger partial charge >= 0.3 is 0 Å². The SMILES string of the molecule is Cl.NCCC(=O)Nc1ccc2c(c1)CCCO2. The van der Waals surface area contributed by atoms with E-state index in [1.807, 2.05) is 18.2 Å². The highest BCUT2D eigenvalue weighted by Crippen LogP contribution is 2.27. The number of halogens is 1. The van der Waals surface area contributed by atoms with Gasteiger partial charge in [0.15, 0.2) is 0 Å². The molecule has 0 spiro atoms. The molecule has 0 aliphatic carbocycles. The predicted octanol–water partition coefficient (Wildman–Crippen LogP) is 1.72. The van der Waals surface area contributed by atoms with Gasteiger partial charge in [0.2, 0.25) is 5.91 Å². The molecule has 2 rings (SSSR count). The van der Waals surface area contributed by atoms with Crippen LogP contribution in [0.3, 0.4) is 0 Å². The zero-order chi connectivity index (χ0) is 11.4. The van der Waals surface area contributed by atoms with Gasteiger partial charge in [-0.05, 0) is 36.6 Å². The summed E-state index contributed by atoms with van der Waals surface area (Å²) in [4.78, 5) is 11.4. The van der Waals surface area contributed by atoms with Crippen LogP contribution in [0.2, 0.25) is 0 Å². The fourth-order valence-electron chi connectivity index (χ4n) is 1.79. The smallest absolute Gasteiger partial charge is 0.225 e. The van der Waals surface area contributed by atoms with Crippen LogP contribution >= 0.6 is 12.4 Å². The van der Waals surface area contributed by atoms with Gasteiger partial charge in [-0.1, -0.05) is 0 Å². The van der Waals surface area contributed by atoms with Gasteiger partial charge < -0.3 is 15.8 Å². The summed E-state index contributed by atoms with van der Waals surface area (Å²) in [7, 11) is 0. The normalized spacial score (nSPS) is 13.0. The van der Waals surface area contributed by atoms with Gasteiger partial charge in [-0.25, -0.2) is 0 Å². The molecule has 1 aliphatic heterocycles. The molecule has 0 aromatic heterocycles. The lowest BCUT2D eigenvalue weighted by Gasteiger charge is -2.18. The van der Waals surface area contributed by atoms with Crippen LogP contribution in [-0.4, -0.2) is 19.1 Å². The van der Waals surface area contributed by atoms with Crippen molar-refractivity contribution in [2.24, 2.45) is 5.73 Å². The average Bonchev–Trinajstić information content (AvgIpc) is 2.29. The highest BCUT2D eigenvalue weighted by Gasteiger charge is 2.11. The molecule has 0 atom stereocenters. The molecule has 1 aliphatic rings. The van der Waals surface area contributed by atoms with Crippen LogP contribution in [-0.2, 0) is 11.2 Å². The fraction of sp³-hybridized carbons (Fsp3) is 0.417. The third kappa shape index (κ3) is 3.61. The van der Waals surface area contributed by atoms with Gasteiger partial charge in [0.25, 0.3) is 0 Å². The predicted molar refractivity (Wildman–Crippen MR) is 69.8 cm³/mol. The van der Waals surface area contributed by atoms with Crippen molar-refractivity contribution in [2.75, 3.05) is 18.5 Å². The van der Waals surface area contributed by atoms with Gasteiger partial charge in [-0.2, -0.15) is 0 Å². The molecule has 4 nitrogen and oxygen atoms in total. The molecule has 1 amide bonds. The Morgan fingerprint density at radius 1 is 1.47 bits per heavy atom. The van der Waals surface area contributed by atoms with Gasteiger partial charge in [0.05, 0.1) is 6.61 Å². The molecule has 1 heterocycles. The van der Waals surface area contributed by atoms with Crippen LogP contribution in [0.4, 0.5) is 5.69 Å². The Kier molecular flexibility index (Phi) is 5.25. The number of hydrogen-bond acceptors (Lipinski definition) is 3. The Morgan fingerprint density at radius 3 is 3.06 bits per heavy atom. The molecule has 1 aromatic rings. The van der Waals surface area contributed by atoms with Gasteiger partial charge in [-0.15, -0.1) is 12.4 Å². The maximum Gasteiger partial charge on any atom is 0.225 e. The van der Waals surface area contributed by atoms with Crippen LogP contribution in [0.25, 0.3) is 0 Å². The molecule has 5 heteroatoms. The van der Waals surface area contributed by atoms with E-state index < -0.39 is 0 Å². The molecular weight excluding hydrogens is 240 g/mol. The van der Waals surface area contributed by atoms with E-state index in [9.17, 15) is 4.79 Å². The highest BCUT2D eigenvalue weighted by atomic mass is 35.5. The third-order valence-corrected chi connectivity index (χ3v) is 2.56. The van der Waals surface area contributed by atoms with Crippen molar-refractivity contribution >= 4 is 24.0 Å². The summed E-state index contributed by atoms with van der Waals surface area (Å²) in [6.07, 6.45) is 2.40. The van der Waals surface area contributed by atoms with E-state index in [1.54, 1.807) is 0 Å². The van der Waals surface area contributed by atoms with E-state index >= 15 is 0 Å². The second-order valence-corrected chi connectivity index (χ2v) is 3.86. The quantitative estimate of drug-likeness (QED) is 0.866. The fourth-order valence-corrected chi connectivity index (χ4v) is 1.79. The van der Waals surface area contributed by atoms with Gasteiger partial charge in [-0.3, -0.25) is 4.79 Å². The maximum absolute atomic E-state index is 11.4. The van der Waals surface area contributed by atoms with Crippen LogP contribution in [0, 0.1) is 0 Å². The number of ether oxygens (including phenoxy) is 1. The molecule has 0 unspecified atom stereocenters. The lowest BCUT2D eigenvalue weighted by Crippen LogP contribution is -2.16. The van der Waals surface area contributed by atoms with Gasteiger partial charge in [0, 0.05) is 18.7 Å². The number of aryl methyl sites for hydroxylation is 1. The summed E-state index contributed by atoms with van der Waals surface area (Å²) in [6.45, 7) is 1.16. The molecule has 0 saturated carbocycles. The van der Waals surface area contributed by atoms with Gasteiger partial charge in [0.1, 0.15) is 5.75 Å². The zero-order valence-corrected chi connectivity index (χ0v) is 10.4. The van der Waals surface area contributed by atoms with Crippen molar-refractivity contribution in [1.29, 1.82) is 0 Å². The van der Waals surface area contributed by atoms with Crippen molar-refractivity contribution in [3.8, 4) is 5.75 Å². The first-order chi connectivity index (χ1) is 7.79. The minimum Gasteiger partial charge on any atom is -0.493 e. The highest BCUT2D eigenvalue weighted by molar-refractivity contribution is 5.91. The van der Waals surface area contributed by atoms with Crippen LogP contribution in [0.15, 0.2) is 18.2 Å². The molecular formula is C12H17ClN2O2. The number of fused-ring (bicyclic) bond motifs is 1. The topological polar surface area (TPSA) is 64.4 Å². The molecule has 94 valence electrons. The lowest BCUT2D eigenvalue weighted by molar-refractivity contribution is -0.116. The standard InChI is InChI=1S/C12H16N2O2.ClH/c13-6-5-12(15)14-10-3-4-11-9(8-10)2-1-7-16-11;/h3-4,8H,1-2,5-7,13H2,(H,14,15);1H. The number of rotatable bonds is 3. The van der Waals surface area contributed by atoms with Crippen molar-refractivity contribution < 1.29 is 9.53 Å². The monoisotopic (exact) mass is 256 g/mol. The van der Waals surface area contributed by atoms with E-state index in [1.165, 1.54) is 0 Å². The minimum absolute atomic E-state index is 0. The number of amides is 1. The number of carbonyl (C=O) groups is 1. The Balaban J connectivity index is 0.00000144. The molecule has 0 saturated heterocycles. The Hall–Kier alpha value is -1.26. The Bertz CT molecular complexity index is 396. The maximum atomic E-state index is 11.4. The molecule has 0 fully saturated rings. The first-order valence-electron chi connectivity index (χ1n) is 5.55. The second kappa shape index (κ2) is 6.47. The minimum atomic E-state index is -0.0424. The molecule has 0 radical (unpaired) electrons. The number of carbonyl (C=O) groups excluding carboxylic acids is 1. The zero-order valence-electron chi connectivity index (χ0n) is 9.57. The van der Waals surface area contributed by atoms with E-state index in [4.69, 9.17) is 10.5 Å². The number of benzene rings is 1.